The highest BCUT2D eigenvalue weighted by molar-refractivity contribution is 5.94. The van der Waals surface area contributed by atoms with Crippen molar-refractivity contribution in [2.45, 2.75) is 19.4 Å². The first-order chi connectivity index (χ1) is 13.2. The summed E-state index contributed by atoms with van der Waals surface area (Å²) in [5.41, 5.74) is 4.20. The van der Waals surface area contributed by atoms with Crippen molar-refractivity contribution in [2.75, 3.05) is 13.2 Å². The number of hydrogen-bond donors (Lipinski definition) is 2. The van der Waals surface area contributed by atoms with Crippen molar-refractivity contribution in [1.29, 1.82) is 5.26 Å². The Morgan fingerprint density at radius 3 is 3.00 bits per heavy atom. The zero-order valence-corrected chi connectivity index (χ0v) is 14.6. The third kappa shape index (κ3) is 3.70. The van der Waals surface area contributed by atoms with Crippen LogP contribution in [0.1, 0.15) is 17.5 Å². The van der Waals surface area contributed by atoms with E-state index in [-0.39, 0.29) is 13.0 Å². The number of cyclic esters (lactones) is 1. The molecule has 0 saturated heterocycles. The first-order valence-electron chi connectivity index (χ1n) is 8.74. The van der Waals surface area contributed by atoms with Gasteiger partial charge in [-0.2, -0.15) is 10.4 Å². The maximum absolute atomic E-state index is 11.8. The lowest BCUT2D eigenvalue weighted by atomic mass is 10.0. The van der Waals surface area contributed by atoms with Gasteiger partial charge in [-0.3, -0.25) is 5.10 Å². The molecule has 27 heavy (non-hydrogen) atoms. The highest BCUT2D eigenvalue weighted by atomic mass is 16.5. The summed E-state index contributed by atoms with van der Waals surface area (Å²) in [6.45, 7) is 1.08. The van der Waals surface area contributed by atoms with Crippen LogP contribution in [-0.2, 0) is 17.8 Å². The Bertz CT molecular complexity index is 1040. The van der Waals surface area contributed by atoms with Crippen LogP contribution in [0, 0.1) is 11.3 Å². The summed E-state index contributed by atoms with van der Waals surface area (Å²) in [5.74, 6) is 0.746. The molecule has 1 aromatic heterocycles. The van der Waals surface area contributed by atoms with Crippen LogP contribution in [-0.4, -0.2) is 29.4 Å². The number of amides is 1. The summed E-state index contributed by atoms with van der Waals surface area (Å²) < 4.78 is 11.1. The predicted octanol–water partition coefficient (Wildman–Crippen LogP) is 3.30. The number of nitrogens with one attached hydrogen (secondary N) is 2. The quantitative estimate of drug-likeness (QED) is 0.692. The summed E-state index contributed by atoms with van der Waals surface area (Å²) >= 11 is 0. The Morgan fingerprint density at radius 1 is 1.19 bits per heavy atom. The van der Waals surface area contributed by atoms with Crippen LogP contribution >= 0.6 is 0 Å². The van der Waals surface area contributed by atoms with Crippen molar-refractivity contribution in [3.05, 3.63) is 47.5 Å². The van der Waals surface area contributed by atoms with E-state index < -0.39 is 6.09 Å². The van der Waals surface area contributed by atoms with Gasteiger partial charge in [-0.1, -0.05) is 6.07 Å². The van der Waals surface area contributed by atoms with Gasteiger partial charge in [0.1, 0.15) is 18.1 Å². The van der Waals surface area contributed by atoms with Crippen LogP contribution in [0.3, 0.4) is 0 Å². The minimum Gasteiger partial charge on any atom is -0.494 e. The SMILES string of the molecule is N#CCc1cc2cc(c1)-c1n[nH]c3ccc(cc13)OCCCNC(=O)OC2. The number of fused-ring (bicyclic) bond motifs is 4. The van der Waals surface area contributed by atoms with E-state index in [0.29, 0.717) is 19.6 Å². The number of H-pyrrole nitrogens is 1. The van der Waals surface area contributed by atoms with Crippen molar-refractivity contribution in [3.63, 3.8) is 0 Å². The molecule has 0 radical (unpaired) electrons. The van der Waals surface area contributed by atoms with Crippen LogP contribution in [0.2, 0.25) is 0 Å². The lowest BCUT2D eigenvalue weighted by molar-refractivity contribution is 0.139. The molecule has 2 aromatic carbocycles. The average Bonchev–Trinajstić information content (AvgIpc) is 3.09. The zero-order chi connectivity index (χ0) is 18.6. The third-order valence-electron chi connectivity index (χ3n) is 4.37. The van der Waals surface area contributed by atoms with Crippen LogP contribution < -0.4 is 10.1 Å². The third-order valence-corrected chi connectivity index (χ3v) is 4.37. The molecule has 0 spiro atoms. The Hall–Kier alpha value is -3.53. The molecule has 0 aliphatic carbocycles. The van der Waals surface area contributed by atoms with Gasteiger partial charge in [0, 0.05) is 17.5 Å². The molecular weight excluding hydrogens is 344 g/mol. The summed E-state index contributed by atoms with van der Waals surface area (Å²) in [6, 6.07) is 13.7. The molecule has 0 unspecified atom stereocenters. The van der Waals surface area contributed by atoms with E-state index >= 15 is 0 Å². The summed E-state index contributed by atoms with van der Waals surface area (Å²) in [7, 11) is 0. The largest absolute Gasteiger partial charge is 0.494 e. The molecule has 0 saturated carbocycles. The second-order valence-corrected chi connectivity index (χ2v) is 6.36. The number of hydrogen-bond acceptors (Lipinski definition) is 5. The normalized spacial score (nSPS) is 14.4. The van der Waals surface area contributed by atoms with E-state index in [1.54, 1.807) is 0 Å². The molecule has 0 fully saturated rings. The number of ether oxygens (including phenoxy) is 2. The smallest absolute Gasteiger partial charge is 0.407 e. The number of carbonyl (C=O) groups excluding carboxylic acids is 1. The van der Waals surface area contributed by atoms with Gasteiger partial charge in [0.15, 0.2) is 0 Å². The van der Waals surface area contributed by atoms with E-state index in [0.717, 1.165) is 39.0 Å². The molecule has 4 bridgehead atoms. The molecule has 1 amide bonds. The molecule has 2 heterocycles. The topological polar surface area (TPSA) is 100 Å². The van der Waals surface area contributed by atoms with Crippen LogP contribution in [0.25, 0.3) is 22.2 Å². The number of benzene rings is 2. The predicted molar refractivity (Wildman–Crippen MR) is 99.1 cm³/mol. The molecule has 7 heteroatoms. The highest BCUT2D eigenvalue weighted by Crippen LogP contribution is 2.31. The summed E-state index contributed by atoms with van der Waals surface area (Å²) in [6.07, 6.45) is 0.467. The van der Waals surface area contributed by atoms with Gasteiger partial charge in [-0.05, 0) is 47.9 Å². The van der Waals surface area contributed by atoms with Gasteiger partial charge in [0.25, 0.3) is 0 Å². The molecular formula is C20H18N4O3. The minimum absolute atomic E-state index is 0.127. The van der Waals surface area contributed by atoms with Crippen molar-refractivity contribution in [1.82, 2.24) is 15.5 Å². The first-order valence-corrected chi connectivity index (χ1v) is 8.74. The number of nitriles is 1. The second kappa shape index (κ2) is 7.38. The van der Waals surface area contributed by atoms with Crippen molar-refractivity contribution < 1.29 is 14.3 Å². The zero-order valence-electron chi connectivity index (χ0n) is 14.6. The van der Waals surface area contributed by atoms with Gasteiger partial charge < -0.3 is 14.8 Å². The average molecular weight is 362 g/mol. The van der Waals surface area contributed by atoms with E-state index in [4.69, 9.17) is 14.7 Å². The number of aromatic amines is 1. The Balaban J connectivity index is 1.83. The van der Waals surface area contributed by atoms with Crippen molar-refractivity contribution in [3.8, 4) is 23.1 Å². The number of nitrogens with zero attached hydrogens (tertiary/aromatic N) is 2. The summed E-state index contributed by atoms with van der Waals surface area (Å²) in [5, 5.41) is 20.2. The van der Waals surface area contributed by atoms with Crippen LogP contribution in [0.5, 0.6) is 5.75 Å². The van der Waals surface area contributed by atoms with E-state index in [2.05, 4.69) is 21.6 Å². The monoisotopic (exact) mass is 362 g/mol. The number of alkyl carbamates (subject to hydrolysis) is 1. The Kier molecular flexibility index (Phi) is 4.62. The van der Waals surface area contributed by atoms with E-state index in [1.165, 1.54) is 0 Å². The fourth-order valence-corrected chi connectivity index (χ4v) is 3.13. The fourth-order valence-electron chi connectivity index (χ4n) is 3.13. The van der Waals surface area contributed by atoms with Gasteiger partial charge in [0.05, 0.1) is 24.6 Å². The van der Waals surface area contributed by atoms with Crippen LogP contribution in [0.4, 0.5) is 4.79 Å². The number of rotatable bonds is 1. The van der Waals surface area contributed by atoms with Crippen molar-refractivity contribution >= 4 is 17.0 Å². The molecule has 1 aliphatic heterocycles. The molecule has 136 valence electrons. The molecule has 3 aromatic rings. The first kappa shape index (κ1) is 16.9. The number of carbonyl (C=O) groups is 1. The van der Waals surface area contributed by atoms with Gasteiger partial charge in [-0.15, -0.1) is 0 Å². The number of aromatic nitrogens is 2. The molecule has 2 N–H and O–H groups in total. The fraction of sp³-hybridized carbons (Fsp3) is 0.250. The van der Waals surface area contributed by atoms with E-state index in [9.17, 15) is 4.79 Å². The standard InChI is InChI=1S/C20H18N4O3/c21-5-4-13-8-14-10-15(9-13)19-17-11-16(2-3-18(17)23-24-19)26-7-1-6-22-20(25)27-12-14/h2-3,8-11H,1,4,6-7,12H2,(H,22,25)(H,23,24). The van der Waals surface area contributed by atoms with Gasteiger partial charge in [-0.25, -0.2) is 4.79 Å². The van der Waals surface area contributed by atoms with Gasteiger partial charge >= 0.3 is 6.09 Å². The van der Waals surface area contributed by atoms with E-state index in [1.807, 2.05) is 36.4 Å². The summed E-state index contributed by atoms with van der Waals surface area (Å²) in [4.78, 5) is 11.8. The Labute approximate surface area is 155 Å². The molecule has 0 atom stereocenters. The second-order valence-electron chi connectivity index (χ2n) is 6.36. The molecule has 7 nitrogen and oxygen atoms in total. The Morgan fingerprint density at radius 2 is 2.11 bits per heavy atom. The van der Waals surface area contributed by atoms with Crippen molar-refractivity contribution in [2.24, 2.45) is 0 Å². The maximum atomic E-state index is 11.8. The lowest BCUT2D eigenvalue weighted by Gasteiger charge is -2.09. The molecule has 4 rings (SSSR count). The van der Waals surface area contributed by atoms with Gasteiger partial charge in [0.2, 0.25) is 0 Å². The lowest BCUT2D eigenvalue weighted by Crippen LogP contribution is -2.26. The molecule has 1 aliphatic rings. The minimum atomic E-state index is -0.472. The maximum Gasteiger partial charge on any atom is 0.407 e. The highest BCUT2D eigenvalue weighted by Gasteiger charge is 2.13. The van der Waals surface area contributed by atoms with Crippen LogP contribution in [0.15, 0.2) is 36.4 Å².